The van der Waals surface area contributed by atoms with Crippen molar-refractivity contribution in [3.63, 3.8) is 0 Å². The van der Waals surface area contributed by atoms with Crippen LogP contribution >= 0.6 is 0 Å². The van der Waals surface area contributed by atoms with E-state index in [2.05, 4.69) is 33.9 Å². The number of ether oxygens (including phenoxy) is 2. The number of allylic oxidation sites excluding steroid dienone is 2. The lowest BCUT2D eigenvalue weighted by Gasteiger charge is -2.17. The van der Waals surface area contributed by atoms with Gasteiger partial charge in [-0.05, 0) is 25.0 Å². The number of nitrogens with zero attached hydrogens (tertiary/aromatic N) is 3. The minimum absolute atomic E-state index is 0.442. The number of fused-ring (bicyclic) bond motifs is 2. The molecule has 172 valence electrons. The molecule has 0 unspecified atom stereocenters. The van der Waals surface area contributed by atoms with E-state index in [0.717, 1.165) is 28.1 Å². The number of anilines is 1. The second-order valence-corrected chi connectivity index (χ2v) is 7.71. The molecule has 0 saturated heterocycles. The molecule has 0 atom stereocenters. The molecule has 4 rings (SSSR count). The quantitative estimate of drug-likeness (QED) is 0.430. The molecule has 34 heavy (non-hydrogen) atoms. The summed E-state index contributed by atoms with van der Waals surface area (Å²) < 4.78 is 12.4. The lowest BCUT2D eigenvalue weighted by atomic mass is 10.1. The van der Waals surface area contributed by atoms with Gasteiger partial charge in [0.1, 0.15) is 17.2 Å². The number of hydrazone groups is 1. The van der Waals surface area contributed by atoms with E-state index in [-0.39, 0.29) is 0 Å². The number of azo groups is 1. The first-order chi connectivity index (χ1) is 16.8. The fourth-order valence-corrected chi connectivity index (χ4v) is 3.65. The number of nitrogens with one attached hydrogen (secondary N) is 1. The molecule has 1 aliphatic rings. The lowest BCUT2D eigenvalue weighted by Crippen LogP contribution is -2.09. The van der Waals surface area contributed by atoms with Crippen molar-refractivity contribution in [2.24, 2.45) is 15.3 Å². The van der Waals surface area contributed by atoms with Crippen LogP contribution in [0.1, 0.15) is 23.1 Å². The molecule has 1 heterocycles. The monoisotopic (exact) mass is 452 g/mol. The molecule has 0 radical (unpaired) electrons. The minimum Gasteiger partial charge on any atom is -0.491 e. The summed E-state index contributed by atoms with van der Waals surface area (Å²) in [6.45, 7) is 8.72. The second kappa shape index (κ2) is 11.6. The fourth-order valence-electron chi connectivity index (χ4n) is 3.65. The van der Waals surface area contributed by atoms with E-state index >= 15 is 0 Å². The van der Waals surface area contributed by atoms with Gasteiger partial charge in [0.2, 0.25) is 5.84 Å². The van der Waals surface area contributed by atoms with Gasteiger partial charge in [-0.3, -0.25) is 5.43 Å². The zero-order valence-electron chi connectivity index (χ0n) is 19.1. The van der Waals surface area contributed by atoms with E-state index in [4.69, 9.17) is 9.47 Å². The van der Waals surface area contributed by atoms with Gasteiger partial charge in [-0.1, -0.05) is 66.7 Å². The predicted molar refractivity (Wildman–Crippen MR) is 137 cm³/mol. The SMILES string of the molecule is C=CCc1cccc2c1OCCCOc1c(CC=C)cccc1N/N=C(/c1ccccc1)N=N2. The normalized spacial score (nSPS) is 15.1. The van der Waals surface area contributed by atoms with Crippen molar-refractivity contribution in [3.8, 4) is 11.5 Å². The van der Waals surface area contributed by atoms with Crippen LogP contribution in [-0.4, -0.2) is 19.0 Å². The highest BCUT2D eigenvalue weighted by atomic mass is 16.5. The maximum Gasteiger partial charge on any atom is 0.201 e. The van der Waals surface area contributed by atoms with Crippen LogP contribution in [-0.2, 0) is 12.8 Å². The number of para-hydroxylation sites is 2. The van der Waals surface area contributed by atoms with Crippen LogP contribution in [0.3, 0.4) is 0 Å². The molecule has 3 aromatic carbocycles. The number of benzene rings is 3. The standard InChI is InChI=1S/C28H28N4O2/c1-3-11-21-15-8-17-24-26(21)33-19-10-20-34-27-22(12-4-2)16-9-18-25(27)30-32-28(31-29-24)23-13-6-5-7-14-23/h3-9,13-18,29H,1-2,10-12,19-20H2/b31-28-,32-30?. The first-order valence-corrected chi connectivity index (χ1v) is 11.3. The molecule has 0 fully saturated rings. The van der Waals surface area contributed by atoms with Crippen molar-refractivity contribution < 1.29 is 9.47 Å². The van der Waals surface area contributed by atoms with Crippen molar-refractivity contribution in [2.75, 3.05) is 18.6 Å². The van der Waals surface area contributed by atoms with Gasteiger partial charge in [0.05, 0.1) is 18.9 Å². The fraction of sp³-hybridized carbons (Fsp3) is 0.179. The summed E-state index contributed by atoms with van der Waals surface area (Å²) in [6, 6.07) is 21.5. The van der Waals surface area contributed by atoms with E-state index in [1.807, 2.05) is 78.9 Å². The first-order valence-electron chi connectivity index (χ1n) is 11.3. The Bertz CT molecular complexity index is 1200. The highest BCUT2D eigenvalue weighted by Crippen LogP contribution is 2.34. The van der Waals surface area contributed by atoms with Gasteiger partial charge in [0.25, 0.3) is 0 Å². The summed E-state index contributed by atoms with van der Waals surface area (Å²) in [5, 5.41) is 13.6. The Hall–Kier alpha value is -4.19. The van der Waals surface area contributed by atoms with Crippen molar-refractivity contribution >= 4 is 17.2 Å². The van der Waals surface area contributed by atoms with Crippen LogP contribution in [0.4, 0.5) is 11.4 Å². The zero-order chi connectivity index (χ0) is 23.6. The molecular formula is C28H28N4O2. The van der Waals surface area contributed by atoms with Gasteiger partial charge >= 0.3 is 0 Å². The van der Waals surface area contributed by atoms with Gasteiger partial charge in [-0.2, -0.15) is 5.10 Å². The van der Waals surface area contributed by atoms with Crippen molar-refractivity contribution in [2.45, 2.75) is 19.3 Å². The van der Waals surface area contributed by atoms with Crippen LogP contribution in [0.5, 0.6) is 11.5 Å². The van der Waals surface area contributed by atoms with E-state index < -0.39 is 0 Å². The molecule has 0 saturated carbocycles. The highest BCUT2D eigenvalue weighted by molar-refractivity contribution is 5.99. The minimum atomic E-state index is 0.442. The third kappa shape index (κ3) is 5.59. The first kappa shape index (κ1) is 23.0. The smallest absolute Gasteiger partial charge is 0.201 e. The molecule has 0 aromatic heterocycles. The summed E-state index contributed by atoms with van der Waals surface area (Å²) in [5.41, 5.74) is 7.43. The van der Waals surface area contributed by atoms with Gasteiger partial charge < -0.3 is 9.47 Å². The molecule has 1 N–H and O–H groups in total. The average Bonchev–Trinajstić information content (AvgIpc) is 2.86. The summed E-state index contributed by atoms with van der Waals surface area (Å²) in [7, 11) is 0. The Balaban J connectivity index is 1.79. The Morgan fingerprint density at radius 3 is 2.18 bits per heavy atom. The molecule has 0 spiro atoms. The number of hydrogen-bond acceptors (Lipinski definition) is 6. The third-order valence-corrected chi connectivity index (χ3v) is 5.25. The molecule has 1 aliphatic heterocycles. The van der Waals surface area contributed by atoms with Crippen molar-refractivity contribution in [1.82, 2.24) is 0 Å². The van der Waals surface area contributed by atoms with E-state index in [1.165, 1.54) is 0 Å². The molecular weight excluding hydrogens is 424 g/mol. The Labute approximate surface area is 200 Å². The van der Waals surface area contributed by atoms with Crippen LogP contribution in [0, 0.1) is 0 Å². The Morgan fingerprint density at radius 1 is 0.765 bits per heavy atom. The summed E-state index contributed by atoms with van der Waals surface area (Å²) in [6.07, 6.45) is 5.78. The molecule has 3 aromatic rings. The maximum absolute atomic E-state index is 6.19. The highest BCUT2D eigenvalue weighted by Gasteiger charge is 2.13. The van der Waals surface area contributed by atoms with Gasteiger partial charge in [-0.15, -0.1) is 23.4 Å². The van der Waals surface area contributed by atoms with E-state index in [9.17, 15) is 0 Å². The number of amidine groups is 1. The molecule has 0 bridgehead atoms. The zero-order valence-corrected chi connectivity index (χ0v) is 19.1. The van der Waals surface area contributed by atoms with Crippen LogP contribution < -0.4 is 14.9 Å². The lowest BCUT2D eigenvalue weighted by molar-refractivity contribution is 0.246. The van der Waals surface area contributed by atoms with Gasteiger partial charge in [-0.25, -0.2) is 0 Å². The molecule has 0 amide bonds. The summed E-state index contributed by atoms with van der Waals surface area (Å²) in [4.78, 5) is 0. The van der Waals surface area contributed by atoms with Crippen LogP contribution in [0.25, 0.3) is 0 Å². The number of hydrogen-bond donors (Lipinski definition) is 1. The molecule has 6 nitrogen and oxygen atoms in total. The topological polar surface area (TPSA) is 67.6 Å². The number of rotatable bonds is 5. The summed E-state index contributed by atoms with van der Waals surface area (Å²) >= 11 is 0. The summed E-state index contributed by atoms with van der Waals surface area (Å²) in [5.74, 6) is 1.90. The van der Waals surface area contributed by atoms with E-state index in [0.29, 0.717) is 49.7 Å². The largest absolute Gasteiger partial charge is 0.491 e. The predicted octanol–water partition coefficient (Wildman–Crippen LogP) is 6.86. The Kier molecular flexibility index (Phi) is 7.85. The van der Waals surface area contributed by atoms with Crippen LogP contribution in [0.2, 0.25) is 0 Å². The van der Waals surface area contributed by atoms with Crippen molar-refractivity contribution in [1.29, 1.82) is 0 Å². The molecule has 0 aliphatic carbocycles. The second-order valence-electron chi connectivity index (χ2n) is 7.71. The van der Waals surface area contributed by atoms with Gasteiger partial charge in [0.15, 0.2) is 0 Å². The van der Waals surface area contributed by atoms with Crippen molar-refractivity contribution in [3.05, 3.63) is 109 Å². The third-order valence-electron chi connectivity index (χ3n) is 5.25. The van der Waals surface area contributed by atoms with E-state index in [1.54, 1.807) is 0 Å². The van der Waals surface area contributed by atoms with Gasteiger partial charge in [0, 0.05) is 23.1 Å². The maximum atomic E-state index is 6.19. The molecule has 6 heteroatoms. The Morgan fingerprint density at radius 2 is 1.44 bits per heavy atom. The van der Waals surface area contributed by atoms with Crippen LogP contribution in [0.15, 0.2) is 107 Å². The average molecular weight is 453 g/mol.